The summed E-state index contributed by atoms with van der Waals surface area (Å²) in [6.45, 7) is 6.30. The molecule has 0 radical (unpaired) electrons. The molecule has 2 aromatic carbocycles. The van der Waals surface area contributed by atoms with Gasteiger partial charge in [-0.2, -0.15) is 0 Å². The Morgan fingerprint density at radius 2 is 1.58 bits per heavy atom. The lowest BCUT2D eigenvalue weighted by molar-refractivity contribution is -0.137. The Balaban J connectivity index is 1.80. The summed E-state index contributed by atoms with van der Waals surface area (Å²) in [5.41, 5.74) is 5.41. The van der Waals surface area contributed by atoms with Crippen molar-refractivity contribution in [3.63, 3.8) is 0 Å². The Labute approximate surface area is 141 Å². The molecule has 0 saturated heterocycles. The molecule has 4 nitrogen and oxygen atoms in total. The average Bonchev–Trinajstić information content (AvgIpc) is 2.79. The van der Waals surface area contributed by atoms with Crippen LogP contribution in [0.15, 0.2) is 54.2 Å². The standard InChI is InChI=1S/C20H20N2O2/c1-13-9-14(2)19(15(3)10-13)21-17-11-18(23)22(20(17)24)12-16-7-5-4-6-8-16/h4-11,21H,12H2,1-3H3. The fourth-order valence-corrected chi connectivity index (χ4v) is 3.03. The second-order valence-corrected chi connectivity index (χ2v) is 6.17. The van der Waals surface area contributed by atoms with Gasteiger partial charge in [0.25, 0.3) is 11.8 Å². The van der Waals surface area contributed by atoms with Crippen molar-refractivity contribution in [3.8, 4) is 0 Å². The zero-order valence-electron chi connectivity index (χ0n) is 14.1. The van der Waals surface area contributed by atoms with Crippen molar-refractivity contribution < 1.29 is 9.59 Å². The highest BCUT2D eigenvalue weighted by atomic mass is 16.2. The van der Waals surface area contributed by atoms with Crippen LogP contribution in [0.3, 0.4) is 0 Å². The van der Waals surface area contributed by atoms with Crippen LogP contribution in [-0.4, -0.2) is 16.7 Å². The molecule has 0 atom stereocenters. The van der Waals surface area contributed by atoms with Crippen molar-refractivity contribution in [2.45, 2.75) is 27.3 Å². The van der Waals surface area contributed by atoms with E-state index in [1.165, 1.54) is 16.5 Å². The van der Waals surface area contributed by atoms with Crippen LogP contribution in [0.4, 0.5) is 5.69 Å². The predicted octanol–water partition coefficient (Wildman–Crippen LogP) is 3.48. The van der Waals surface area contributed by atoms with E-state index < -0.39 is 0 Å². The van der Waals surface area contributed by atoms with E-state index in [-0.39, 0.29) is 18.4 Å². The van der Waals surface area contributed by atoms with Crippen LogP contribution in [0.2, 0.25) is 0 Å². The molecule has 0 spiro atoms. The van der Waals surface area contributed by atoms with Crippen molar-refractivity contribution in [3.05, 3.63) is 76.5 Å². The zero-order valence-corrected chi connectivity index (χ0v) is 14.1. The lowest BCUT2D eigenvalue weighted by Crippen LogP contribution is -2.31. The average molecular weight is 320 g/mol. The number of carbonyl (C=O) groups excluding carboxylic acids is 2. The van der Waals surface area contributed by atoms with E-state index in [1.54, 1.807) is 0 Å². The molecule has 24 heavy (non-hydrogen) atoms. The first kappa shape index (κ1) is 16.0. The second-order valence-electron chi connectivity index (χ2n) is 6.17. The van der Waals surface area contributed by atoms with E-state index in [2.05, 4.69) is 17.4 Å². The van der Waals surface area contributed by atoms with Crippen molar-refractivity contribution in [1.82, 2.24) is 4.90 Å². The quantitative estimate of drug-likeness (QED) is 0.878. The third kappa shape index (κ3) is 3.08. The van der Waals surface area contributed by atoms with E-state index in [4.69, 9.17) is 0 Å². The summed E-state index contributed by atoms with van der Waals surface area (Å²) >= 11 is 0. The topological polar surface area (TPSA) is 49.4 Å². The van der Waals surface area contributed by atoms with Gasteiger partial charge in [-0.1, -0.05) is 48.0 Å². The van der Waals surface area contributed by atoms with Crippen LogP contribution >= 0.6 is 0 Å². The van der Waals surface area contributed by atoms with Crippen LogP contribution in [0.5, 0.6) is 0 Å². The number of nitrogens with zero attached hydrogens (tertiary/aromatic N) is 1. The first-order valence-electron chi connectivity index (χ1n) is 7.92. The molecule has 4 heteroatoms. The molecule has 3 rings (SSSR count). The number of amides is 2. The van der Waals surface area contributed by atoms with E-state index in [1.807, 2.05) is 51.1 Å². The van der Waals surface area contributed by atoms with Crippen molar-refractivity contribution in [1.29, 1.82) is 0 Å². The van der Waals surface area contributed by atoms with Gasteiger partial charge in [-0.15, -0.1) is 0 Å². The molecule has 0 unspecified atom stereocenters. The molecule has 0 bridgehead atoms. The summed E-state index contributed by atoms with van der Waals surface area (Å²) in [5.74, 6) is -0.572. The Bertz CT molecular complexity index is 815. The number of anilines is 1. The molecule has 1 aliphatic rings. The van der Waals surface area contributed by atoms with Crippen LogP contribution < -0.4 is 5.32 Å². The Hall–Kier alpha value is -2.88. The molecule has 0 aromatic heterocycles. The minimum absolute atomic E-state index is 0.284. The van der Waals surface area contributed by atoms with E-state index in [0.29, 0.717) is 5.70 Å². The fraction of sp³-hybridized carbons (Fsp3) is 0.200. The lowest BCUT2D eigenvalue weighted by Gasteiger charge is -2.17. The van der Waals surface area contributed by atoms with Crippen molar-refractivity contribution >= 4 is 17.5 Å². The third-order valence-electron chi connectivity index (χ3n) is 4.13. The lowest BCUT2D eigenvalue weighted by atomic mass is 10.0. The van der Waals surface area contributed by atoms with Gasteiger partial charge < -0.3 is 5.32 Å². The molecule has 1 aliphatic heterocycles. The number of imide groups is 1. The van der Waals surface area contributed by atoms with Crippen LogP contribution in [0, 0.1) is 20.8 Å². The largest absolute Gasteiger partial charge is 0.350 e. The van der Waals surface area contributed by atoms with Gasteiger partial charge in [-0.25, -0.2) is 0 Å². The monoisotopic (exact) mass is 320 g/mol. The van der Waals surface area contributed by atoms with Crippen molar-refractivity contribution in [2.24, 2.45) is 0 Å². The summed E-state index contributed by atoms with van der Waals surface area (Å²) in [6.07, 6.45) is 1.38. The van der Waals surface area contributed by atoms with Gasteiger partial charge in [0.05, 0.1) is 6.54 Å². The smallest absolute Gasteiger partial charge is 0.277 e. The molecule has 122 valence electrons. The fourth-order valence-electron chi connectivity index (χ4n) is 3.03. The third-order valence-corrected chi connectivity index (χ3v) is 4.13. The molecular formula is C20H20N2O2. The molecule has 2 aromatic rings. The van der Waals surface area contributed by atoms with Crippen LogP contribution in [-0.2, 0) is 16.1 Å². The van der Waals surface area contributed by atoms with Gasteiger partial charge in [-0.05, 0) is 37.5 Å². The van der Waals surface area contributed by atoms with Gasteiger partial charge in [0, 0.05) is 11.8 Å². The van der Waals surface area contributed by atoms with Crippen molar-refractivity contribution in [2.75, 3.05) is 5.32 Å². The summed E-state index contributed by atoms with van der Waals surface area (Å²) in [5, 5.41) is 3.15. The number of carbonyl (C=O) groups is 2. The molecule has 0 aliphatic carbocycles. The van der Waals surface area contributed by atoms with Crippen LogP contribution in [0.25, 0.3) is 0 Å². The molecule has 1 heterocycles. The summed E-state index contributed by atoms with van der Waals surface area (Å²) in [7, 11) is 0. The number of aryl methyl sites for hydroxylation is 3. The SMILES string of the molecule is Cc1cc(C)c(NC2=CC(=O)N(Cc3ccccc3)C2=O)c(C)c1. The molecule has 0 saturated carbocycles. The normalized spacial score (nSPS) is 14.1. The van der Waals surface area contributed by atoms with E-state index in [9.17, 15) is 9.59 Å². The highest BCUT2D eigenvalue weighted by Gasteiger charge is 2.31. The number of rotatable bonds is 4. The molecule has 0 fully saturated rings. The van der Waals surface area contributed by atoms with Crippen LogP contribution in [0.1, 0.15) is 22.3 Å². The maximum Gasteiger partial charge on any atom is 0.277 e. The highest BCUT2D eigenvalue weighted by molar-refractivity contribution is 6.17. The maximum absolute atomic E-state index is 12.6. The Morgan fingerprint density at radius 1 is 0.958 bits per heavy atom. The first-order valence-corrected chi connectivity index (χ1v) is 7.92. The zero-order chi connectivity index (χ0) is 17.3. The minimum atomic E-state index is -0.289. The number of nitrogens with one attached hydrogen (secondary N) is 1. The second kappa shape index (κ2) is 6.32. The maximum atomic E-state index is 12.6. The molecular weight excluding hydrogens is 300 g/mol. The summed E-state index contributed by atoms with van der Waals surface area (Å²) in [4.78, 5) is 26.1. The Morgan fingerprint density at radius 3 is 2.21 bits per heavy atom. The summed E-state index contributed by atoms with van der Waals surface area (Å²) in [6, 6.07) is 13.6. The van der Waals surface area contributed by atoms with Gasteiger partial charge in [0.2, 0.25) is 0 Å². The van der Waals surface area contributed by atoms with Gasteiger partial charge in [0.15, 0.2) is 0 Å². The molecule has 1 N–H and O–H groups in total. The minimum Gasteiger partial charge on any atom is -0.350 e. The highest BCUT2D eigenvalue weighted by Crippen LogP contribution is 2.26. The van der Waals surface area contributed by atoms with Gasteiger partial charge in [-0.3, -0.25) is 14.5 Å². The first-order chi connectivity index (χ1) is 11.5. The van der Waals surface area contributed by atoms with E-state index in [0.717, 1.165) is 22.4 Å². The number of benzene rings is 2. The van der Waals surface area contributed by atoms with Gasteiger partial charge >= 0.3 is 0 Å². The Kier molecular flexibility index (Phi) is 4.21. The predicted molar refractivity (Wildman–Crippen MR) is 94.4 cm³/mol. The summed E-state index contributed by atoms with van der Waals surface area (Å²) < 4.78 is 0. The molecule has 2 amide bonds. The number of hydrogen-bond donors (Lipinski definition) is 1. The van der Waals surface area contributed by atoms with E-state index >= 15 is 0 Å². The number of hydrogen-bond acceptors (Lipinski definition) is 3. The van der Waals surface area contributed by atoms with Gasteiger partial charge in [0.1, 0.15) is 5.70 Å².